The summed E-state index contributed by atoms with van der Waals surface area (Å²) in [6.07, 6.45) is 1.50. The van der Waals surface area contributed by atoms with Gasteiger partial charge in [-0.2, -0.15) is 0 Å². The first kappa shape index (κ1) is 15.3. The molecule has 0 saturated carbocycles. The molecule has 0 spiro atoms. The first-order valence-corrected chi connectivity index (χ1v) is 7.27. The molecule has 2 rings (SSSR count). The van der Waals surface area contributed by atoms with Crippen LogP contribution in [0.3, 0.4) is 0 Å². The fourth-order valence-corrected chi connectivity index (χ4v) is 2.48. The summed E-state index contributed by atoms with van der Waals surface area (Å²) < 4.78 is 7.01. The lowest BCUT2D eigenvalue weighted by atomic mass is 10.3. The Hall–Kier alpha value is -2.05. The maximum Gasteiger partial charge on any atom is 0.410 e. The molecule has 1 aromatic rings. The lowest BCUT2D eigenvalue weighted by Gasteiger charge is -2.18. The Morgan fingerprint density at radius 2 is 2.10 bits per heavy atom. The van der Waals surface area contributed by atoms with Crippen LogP contribution in [0.1, 0.15) is 61.7 Å². The number of carbonyl (C=O) groups excluding carboxylic acids is 2. The van der Waals surface area contributed by atoms with Gasteiger partial charge in [0.1, 0.15) is 0 Å². The average molecular weight is 294 g/mol. The molecule has 0 atom stereocenters. The van der Waals surface area contributed by atoms with E-state index in [0.717, 1.165) is 24.2 Å². The van der Waals surface area contributed by atoms with Gasteiger partial charge in [-0.15, -0.1) is 0 Å². The van der Waals surface area contributed by atoms with E-state index in [2.05, 4.69) is 4.98 Å². The molecule has 1 aromatic heterocycles. The van der Waals surface area contributed by atoms with Crippen LogP contribution >= 0.6 is 0 Å². The minimum Gasteiger partial charge on any atom is -0.449 e. The van der Waals surface area contributed by atoms with Gasteiger partial charge in [-0.1, -0.05) is 13.3 Å². The summed E-state index contributed by atoms with van der Waals surface area (Å²) in [6, 6.07) is 0.0554. The van der Waals surface area contributed by atoms with Crippen LogP contribution in [0, 0.1) is 0 Å². The van der Waals surface area contributed by atoms with Gasteiger partial charge in [-0.3, -0.25) is 9.69 Å². The second-order valence-electron chi connectivity index (χ2n) is 5.48. The number of nitrogens with zero attached hydrogens (tertiary/aromatic N) is 3. The molecule has 1 aliphatic heterocycles. The molecule has 0 bridgehead atoms. The van der Waals surface area contributed by atoms with E-state index in [-0.39, 0.29) is 18.0 Å². The maximum absolute atomic E-state index is 12.0. The molecular formula is C14H22N4O3. The first-order chi connectivity index (χ1) is 9.95. The molecule has 21 heavy (non-hydrogen) atoms. The molecule has 1 aliphatic rings. The van der Waals surface area contributed by atoms with Crippen molar-refractivity contribution in [2.24, 2.45) is 5.73 Å². The van der Waals surface area contributed by atoms with Crippen molar-refractivity contribution in [2.45, 2.75) is 52.7 Å². The van der Waals surface area contributed by atoms with Gasteiger partial charge in [0.15, 0.2) is 5.82 Å². The Bertz CT molecular complexity index is 551. The molecule has 0 aliphatic carbocycles. The molecule has 0 saturated heterocycles. The largest absolute Gasteiger partial charge is 0.449 e. The van der Waals surface area contributed by atoms with E-state index in [9.17, 15) is 9.59 Å². The van der Waals surface area contributed by atoms with E-state index in [1.807, 2.05) is 20.8 Å². The van der Waals surface area contributed by atoms with Crippen LogP contribution in [0.15, 0.2) is 0 Å². The molecule has 0 fully saturated rings. The van der Waals surface area contributed by atoms with E-state index in [1.54, 1.807) is 9.47 Å². The van der Waals surface area contributed by atoms with Gasteiger partial charge in [-0.05, 0) is 20.3 Å². The molecular weight excluding hydrogens is 272 g/mol. The molecule has 7 heteroatoms. The number of nitrogens with two attached hydrogens (primary N) is 1. The second-order valence-corrected chi connectivity index (χ2v) is 5.48. The summed E-state index contributed by atoms with van der Waals surface area (Å²) in [7, 11) is 0. The normalized spacial score (nSPS) is 13.6. The van der Waals surface area contributed by atoms with E-state index in [0.29, 0.717) is 19.7 Å². The third-order valence-electron chi connectivity index (χ3n) is 3.49. The molecule has 2 amide bonds. The van der Waals surface area contributed by atoms with Gasteiger partial charge in [-0.25, -0.2) is 9.78 Å². The minimum atomic E-state index is -0.546. The predicted octanol–water partition coefficient (Wildman–Crippen LogP) is 1.82. The Labute approximate surface area is 124 Å². The summed E-state index contributed by atoms with van der Waals surface area (Å²) in [5.74, 6) is -0.288. The van der Waals surface area contributed by atoms with Gasteiger partial charge in [0.25, 0.3) is 5.91 Å². The SMILES string of the molecule is CCCCOC(=O)N1Cc2nc(C(N)=O)n(C(C)C)c2C1. The number of ether oxygens (including phenoxy) is 1. The van der Waals surface area contributed by atoms with Crippen molar-refractivity contribution >= 4 is 12.0 Å². The summed E-state index contributed by atoms with van der Waals surface area (Å²) in [4.78, 5) is 29.3. The molecule has 0 aromatic carbocycles. The number of rotatable bonds is 5. The number of fused-ring (bicyclic) bond motifs is 1. The number of amides is 2. The molecule has 2 heterocycles. The molecule has 0 unspecified atom stereocenters. The Balaban J connectivity index is 2.13. The van der Waals surface area contributed by atoms with E-state index in [1.165, 1.54) is 0 Å². The van der Waals surface area contributed by atoms with Crippen molar-refractivity contribution in [3.8, 4) is 0 Å². The number of primary amides is 1. The number of hydrogen-bond donors (Lipinski definition) is 1. The summed E-state index contributed by atoms with van der Waals surface area (Å²) in [5, 5.41) is 0. The van der Waals surface area contributed by atoms with Crippen LogP contribution < -0.4 is 5.73 Å². The van der Waals surface area contributed by atoms with Crippen LogP contribution in [0.4, 0.5) is 4.79 Å². The van der Waals surface area contributed by atoms with E-state index < -0.39 is 5.91 Å². The number of hydrogen-bond acceptors (Lipinski definition) is 4. The van der Waals surface area contributed by atoms with Gasteiger partial charge in [0, 0.05) is 6.04 Å². The zero-order chi connectivity index (χ0) is 15.6. The number of carbonyl (C=O) groups is 2. The van der Waals surface area contributed by atoms with Crippen LogP contribution in [-0.2, 0) is 17.8 Å². The predicted molar refractivity (Wildman–Crippen MR) is 76.6 cm³/mol. The zero-order valence-corrected chi connectivity index (χ0v) is 12.8. The summed E-state index contributed by atoms with van der Waals surface area (Å²) in [6.45, 7) is 7.15. The molecule has 0 radical (unpaired) electrons. The Kier molecular flexibility index (Phi) is 4.50. The van der Waals surface area contributed by atoms with Gasteiger partial charge < -0.3 is 15.0 Å². The van der Waals surface area contributed by atoms with Gasteiger partial charge in [0.2, 0.25) is 0 Å². The summed E-state index contributed by atoms with van der Waals surface area (Å²) >= 11 is 0. The lowest BCUT2D eigenvalue weighted by molar-refractivity contribution is 0.0974. The van der Waals surface area contributed by atoms with Crippen LogP contribution in [0.5, 0.6) is 0 Å². The highest BCUT2D eigenvalue weighted by atomic mass is 16.6. The van der Waals surface area contributed by atoms with Crippen molar-refractivity contribution in [1.29, 1.82) is 0 Å². The minimum absolute atomic E-state index is 0.0554. The molecule has 116 valence electrons. The Morgan fingerprint density at radius 3 is 2.67 bits per heavy atom. The highest BCUT2D eigenvalue weighted by molar-refractivity contribution is 5.89. The Morgan fingerprint density at radius 1 is 1.38 bits per heavy atom. The lowest BCUT2D eigenvalue weighted by Crippen LogP contribution is -2.28. The quantitative estimate of drug-likeness (QED) is 0.839. The number of aromatic nitrogens is 2. The second kappa shape index (κ2) is 6.15. The first-order valence-electron chi connectivity index (χ1n) is 7.27. The van der Waals surface area contributed by atoms with Crippen LogP contribution in [0.2, 0.25) is 0 Å². The third kappa shape index (κ3) is 3.01. The van der Waals surface area contributed by atoms with Crippen molar-refractivity contribution < 1.29 is 14.3 Å². The smallest absolute Gasteiger partial charge is 0.410 e. The number of unbranched alkanes of at least 4 members (excludes halogenated alkanes) is 1. The standard InChI is InChI=1S/C14H22N4O3/c1-4-5-6-21-14(20)17-7-10-11(8-17)18(9(2)3)13(16-10)12(15)19/h9H,4-8H2,1-3H3,(H2,15,19). The van der Waals surface area contributed by atoms with Crippen molar-refractivity contribution in [3.63, 3.8) is 0 Å². The fraction of sp³-hybridized carbons (Fsp3) is 0.643. The van der Waals surface area contributed by atoms with E-state index >= 15 is 0 Å². The van der Waals surface area contributed by atoms with Crippen molar-refractivity contribution in [1.82, 2.24) is 14.5 Å². The average Bonchev–Trinajstić information content (AvgIpc) is 2.94. The highest BCUT2D eigenvalue weighted by Crippen LogP contribution is 2.27. The van der Waals surface area contributed by atoms with Crippen molar-refractivity contribution in [3.05, 3.63) is 17.2 Å². The topological polar surface area (TPSA) is 90.5 Å². The van der Waals surface area contributed by atoms with Crippen LogP contribution in [-0.4, -0.2) is 33.1 Å². The highest BCUT2D eigenvalue weighted by Gasteiger charge is 2.32. The van der Waals surface area contributed by atoms with E-state index in [4.69, 9.17) is 10.5 Å². The third-order valence-corrected chi connectivity index (χ3v) is 3.49. The molecule has 7 nitrogen and oxygen atoms in total. The number of imidazole rings is 1. The van der Waals surface area contributed by atoms with Crippen molar-refractivity contribution in [2.75, 3.05) is 6.61 Å². The maximum atomic E-state index is 12.0. The summed E-state index contributed by atoms with van der Waals surface area (Å²) in [5.41, 5.74) is 6.96. The zero-order valence-electron chi connectivity index (χ0n) is 12.8. The van der Waals surface area contributed by atoms with Gasteiger partial charge >= 0.3 is 6.09 Å². The monoisotopic (exact) mass is 294 g/mol. The molecule has 2 N–H and O–H groups in total. The van der Waals surface area contributed by atoms with Crippen LogP contribution in [0.25, 0.3) is 0 Å². The fourth-order valence-electron chi connectivity index (χ4n) is 2.48. The van der Waals surface area contributed by atoms with Gasteiger partial charge in [0.05, 0.1) is 31.1 Å².